The van der Waals surface area contributed by atoms with Gasteiger partial charge < -0.3 is 5.84 Å². The maximum Gasteiger partial charge on any atom is 0.216 e. The molecule has 0 saturated heterocycles. The maximum absolute atomic E-state index is 10.2. The molecule has 0 fully saturated rings. The summed E-state index contributed by atoms with van der Waals surface area (Å²) in [4.78, 5) is 0. The number of hydrogen-bond acceptors (Lipinski definition) is 0. The monoisotopic (exact) mass is 1210 g/mol. The molecule has 0 amide bonds. The van der Waals surface area contributed by atoms with E-state index >= 15 is 0 Å². The van der Waals surface area contributed by atoms with Gasteiger partial charge in [0.1, 0.15) is 0 Å². The van der Waals surface area contributed by atoms with E-state index < -0.39 is 0 Å². The second kappa shape index (κ2) is 59.9. The SMILES string of the molecule is CCCC=C1C(C=CCCCCCCCCCCCCCCCCCCCCCCCCCCCC)=C(c2ccccc2CCCC=CCCCCCCCCCCCCC)[N+]([NH-])=C1c1ccccc1CCCC=CCCCCCCCCCCCCC. The molecule has 500 valence electrons. The zero-order valence-electron chi connectivity index (χ0n) is 59.3. The number of benzene rings is 2. The fourth-order valence-corrected chi connectivity index (χ4v) is 13.7. The van der Waals surface area contributed by atoms with Crippen molar-refractivity contribution in [2.45, 2.75) is 407 Å². The van der Waals surface area contributed by atoms with Crippen LogP contribution in [-0.4, -0.2) is 10.4 Å². The summed E-state index contributed by atoms with van der Waals surface area (Å²) in [6, 6.07) is 18.2. The van der Waals surface area contributed by atoms with Gasteiger partial charge in [0.15, 0.2) is 0 Å². The Morgan fingerprint density at radius 3 is 0.886 bits per heavy atom. The van der Waals surface area contributed by atoms with E-state index in [1.807, 2.05) is 4.68 Å². The number of hydrogen-bond donors (Lipinski definition) is 0. The van der Waals surface area contributed by atoms with Crippen LogP contribution >= 0.6 is 0 Å². The molecule has 1 aliphatic rings. The second-order valence-electron chi connectivity index (χ2n) is 27.6. The van der Waals surface area contributed by atoms with E-state index in [9.17, 15) is 5.84 Å². The van der Waals surface area contributed by atoms with Crippen LogP contribution in [0, 0.1) is 0 Å². The van der Waals surface area contributed by atoms with Crippen molar-refractivity contribution in [3.05, 3.63) is 130 Å². The van der Waals surface area contributed by atoms with Gasteiger partial charge in [-0.3, -0.25) is 0 Å². The first kappa shape index (κ1) is 78.9. The van der Waals surface area contributed by atoms with E-state index in [0.29, 0.717) is 0 Å². The van der Waals surface area contributed by atoms with Crippen LogP contribution in [-0.2, 0) is 12.8 Å². The molecule has 88 heavy (non-hydrogen) atoms. The highest BCUT2D eigenvalue weighted by Crippen LogP contribution is 2.39. The Morgan fingerprint density at radius 1 is 0.284 bits per heavy atom. The third-order valence-corrected chi connectivity index (χ3v) is 19.4. The Bertz CT molecular complexity index is 2070. The standard InChI is InChI=1S/C86H146N2/c1-5-9-13-16-19-22-25-28-31-34-35-36-37-38-39-40-41-42-43-44-45-48-51-54-57-60-63-66-78-84-83(75-12-8-4)85(81-76-69-67-73-79(81)71-64-61-58-55-52-49-46-32-29-26-23-20-17-14-10-6-2)88(87)86(84)82-77-70-68-74-80(82)72-65-62-59-56-53-50-47-33-30-27-24-21-18-15-11-7-3/h55-56,58-59,66-70,73-78,87H,5-54,57,60-65,71-72H2,1-4H3. The predicted molar refractivity (Wildman–Crippen MR) is 397 cm³/mol. The molecular weight excluding hydrogens is 1060 g/mol. The van der Waals surface area contributed by atoms with Crippen LogP contribution in [0.2, 0.25) is 0 Å². The highest BCUT2D eigenvalue weighted by atomic mass is 15.3. The minimum absolute atomic E-state index is 1.01. The van der Waals surface area contributed by atoms with Crippen LogP contribution in [0.25, 0.3) is 11.5 Å². The van der Waals surface area contributed by atoms with Crippen LogP contribution in [0.3, 0.4) is 0 Å². The van der Waals surface area contributed by atoms with E-state index in [2.05, 4.69) is 119 Å². The van der Waals surface area contributed by atoms with Crippen LogP contribution in [0.15, 0.2) is 102 Å². The average molecular weight is 1210 g/mol. The van der Waals surface area contributed by atoms with Gasteiger partial charge in [-0.15, -0.1) is 0 Å². The van der Waals surface area contributed by atoms with Crippen LogP contribution < -0.4 is 0 Å². The molecule has 2 aromatic carbocycles. The third-order valence-electron chi connectivity index (χ3n) is 19.4. The van der Waals surface area contributed by atoms with Gasteiger partial charge in [0, 0.05) is 11.1 Å². The lowest BCUT2D eigenvalue weighted by molar-refractivity contribution is -0.347. The van der Waals surface area contributed by atoms with Gasteiger partial charge in [-0.2, -0.15) is 0 Å². The zero-order valence-corrected chi connectivity index (χ0v) is 59.3. The Hall–Kier alpha value is -3.39. The maximum atomic E-state index is 10.2. The number of rotatable bonds is 64. The minimum atomic E-state index is 1.01. The lowest BCUT2D eigenvalue weighted by Gasteiger charge is -2.13. The molecule has 0 radical (unpaired) electrons. The van der Waals surface area contributed by atoms with Gasteiger partial charge in [-0.25, -0.2) is 4.68 Å². The van der Waals surface area contributed by atoms with Gasteiger partial charge in [-0.1, -0.05) is 402 Å². The van der Waals surface area contributed by atoms with E-state index in [-0.39, 0.29) is 0 Å². The zero-order chi connectivity index (χ0) is 62.5. The van der Waals surface area contributed by atoms with Gasteiger partial charge in [0.2, 0.25) is 11.4 Å². The third kappa shape index (κ3) is 40.5. The number of allylic oxidation sites excluding steroid dienone is 9. The quantitative estimate of drug-likeness (QED) is 0.0359. The first-order valence-electron chi connectivity index (χ1n) is 39.6. The summed E-state index contributed by atoms with van der Waals surface area (Å²) in [6.45, 7) is 9.23. The number of nitrogens with one attached hydrogen (secondary N) is 1. The first-order valence-corrected chi connectivity index (χ1v) is 39.6. The molecule has 2 heteroatoms. The highest BCUT2D eigenvalue weighted by Gasteiger charge is 2.36. The number of unbranched alkanes of at least 4 members (excludes halogenated alkanes) is 51. The van der Waals surface area contributed by atoms with Crippen molar-refractivity contribution in [3.63, 3.8) is 0 Å². The minimum Gasteiger partial charge on any atom is -0.448 e. The van der Waals surface area contributed by atoms with Crippen molar-refractivity contribution < 1.29 is 4.68 Å². The van der Waals surface area contributed by atoms with Crippen molar-refractivity contribution in [1.29, 1.82) is 0 Å². The van der Waals surface area contributed by atoms with E-state index in [0.717, 1.165) is 69.2 Å². The lowest BCUT2D eigenvalue weighted by Crippen LogP contribution is -2.14. The summed E-state index contributed by atoms with van der Waals surface area (Å²) in [5, 5.41) is 0. The van der Waals surface area contributed by atoms with Crippen molar-refractivity contribution in [2.75, 3.05) is 0 Å². The van der Waals surface area contributed by atoms with Gasteiger partial charge in [0.05, 0.1) is 11.1 Å². The molecule has 0 aliphatic carbocycles. The van der Waals surface area contributed by atoms with Crippen LogP contribution in [0.4, 0.5) is 0 Å². The molecule has 0 atom stereocenters. The molecule has 0 unspecified atom stereocenters. The highest BCUT2D eigenvalue weighted by molar-refractivity contribution is 6.17. The Labute approximate surface area is 549 Å². The summed E-state index contributed by atoms with van der Waals surface area (Å²) in [6.07, 6.45) is 97.5. The number of aryl methyl sites for hydroxylation is 2. The van der Waals surface area contributed by atoms with Crippen molar-refractivity contribution in [1.82, 2.24) is 0 Å². The summed E-state index contributed by atoms with van der Waals surface area (Å²) in [5.74, 6) is 10.2. The van der Waals surface area contributed by atoms with Crippen LogP contribution in [0.1, 0.15) is 416 Å². The van der Waals surface area contributed by atoms with Gasteiger partial charge in [-0.05, 0) is 107 Å². The molecule has 0 saturated carbocycles. The molecule has 0 aromatic heterocycles. The van der Waals surface area contributed by atoms with E-state index in [1.165, 1.54) is 354 Å². The Morgan fingerprint density at radius 2 is 0.557 bits per heavy atom. The summed E-state index contributed by atoms with van der Waals surface area (Å²) in [5.41, 5.74) is 9.87. The normalized spacial score (nSPS) is 13.5. The van der Waals surface area contributed by atoms with Gasteiger partial charge in [0.25, 0.3) is 0 Å². The average Bonchev–Trinajstić information content (AvgIpc) is 1.77. The summed E-state index contributed by atoms with van der Waals surface area (Å²) >= 11 is 0. The predicted octanol–water partition coefficient (Wildman–Crippen LogP) is 29.9. The molecule has 1 N–H and O–H groups in total. The van der Waals surface area contributed by atoms with Crippen molar-refractivity contribution in [3.8, 4) is 0 Å². The molecule has 1 heterocycles. The number of nitrogens with zero attached hydrogens (tertiary/aromatic N) is 1. The first-order chi connectivity index (χ1) is 43.7. The van der Waals surface area contributed by atoms with Crippen molar-refractivity contribution >= 4 is 11.4 Å². The summed E-state index contributed by atoms with van der Waals surface area (Å²) in [7, 11) is 0. The lowest BCUT2D eigenvalue weighted by atomic mass is 9.90. The largest absolute Gasteiger partial charge is 0.448 e. The Balaban J connectivity index is 1.52. The smallest absolute Gasteiger partial charge is 0.216 e. The van der Waals surface area contributed by atoms with Gasteiger partial charge >= 0.3 is 0 Å². The molecule has 0 bridgehead atoms. The Kier molecular flexibility index (Phi) is 53.7. The summed E-state index contributed by atoms with van der Waals surface area (Å²) < 4.78 is 1.86. The second-order valence-corrected chi connectivity index (χ2v) is 27.6. The molecule has 3 rings (SSSR count). The van der Waals surface area contributed by atoms with Crippen molar-refractivity contribution in [2.24, 2.45) is 0 Å². The molecule has 0 spiro atoms. The molecule has 2 aromatic rings. The fourth-order valence-electron chi connectivity index (χ4n) is 13.7. The topological polar surface area (TPSA) is 26.8 Å². The fraction of sp³-hybridized carbons (Fsp3) is 0.733. The van der Waals surface area contributed by atoms with E-state index in [1.54, 1.807) is 0 Å². The molecule has 1 aliphatic heterocycles. The van der Waals surface area contributed by atoms with Crippen LogP contribution in [0.5, 0.6) is 0 Å². The molecular formula is C86H146N2. The molecule has 2 nitrogen and oxygen atoms in total. The van der Waals surface area contributed by atoms with E-state index in [4.69, 9.17) is 0 Å².